The lowest BCUT2D eigenvalue weighted by Crippen LogP contribution is -2.83. The molecule has 282 valence electrons. The number of hydrogen-bond acceptors (Lipinski definition) is 3. The van der Waals surface area contributed by atoms with Crippen molar-refractivity contribution in [2.45, 2.75) is 70.9 Å². The van der Waals surface area contributed by atoms with Gasteiger partial charge in [-0.2, -0.15) is 0 Å². The molecule has 2 atom stereocenters. The fraction of sp³-hybridized carbons (Fsp3) is 0.208. The molecule has 0 radical (unpaired) electrons. The smallest absolute Gasteiger partial charge is 0.251 e. The number of hydrogen-bond donors (Lipinski definition) is 0. The Kier molecular flexibility index (Phi) is 7.03. The summed E-state index contributed by atoms with van der Waals surface area (Å²) in [7, 11) is -2.53. The molecular formula is C53H48BN3Si. The van der Waals surface area contributed by atoms with Crippen molar-refractivity contribution in [1.82, 2.24) is 0 Å². The van der Waals surface area contributed by atoms with Crippen LogP contribution in [0.2, 0.25) is 6.55 Å². The van der Waals surface area contributed by atoms with E-state index in [1.54, 1.807) is 10.4 Å². The first kappa shape index (κ1) is 34.3. The van der Waals surface area contributed by atoms with Crippen molar-refractivity contribution in [3.05, 3.63) is 168 Å². The van der Waals surface area contributed by atoms with Crippen LogP contribution in [0.3, 0.4) is 0 Å². The predicted octanol–water partition coefficient (Wildman–Crippen LogP) is 9.54. The van der Waals surface area contributed by atoms with Crippen molar-refractivity contribution in [2.75, 3.05) is 14.7 Å². The summed E-state index contributed by atoms with van der Waals surface area (Å²) in [5, 5.41) is 4.57. The summed E-state index contributed by atoms with van der Waals surface area (Å²) in [5.74, 6) is 0. The Morgan fingerprint density at radius 2 is 0.983 bits per heavy atom. The highest BCUT2D eigenvalue weighted by Gasteiger charge is 2.59. The van der Waals surface area contributed by atoms with E-state index >= 15 is 0 Å². The van der Waals surface area contributed by atoms with E-state index in [2.05, 4.69) is 201 Å². The van der Waals surface area contributed by atoms with Gasteiger partial charge in [-0.25, -0.2) is 0 Å². The molecule has 7 aromatic carbocycles. The molecule has 0 spiro atoms. The van der Waals surface area contributed by atoms with Gasteiger partial charge in [-0.1, -0.05) is 134 Å². The van der Waals surface area contributed by atoms with Crippen LogP contribution in [0.4, 0.5) is 45.5 Å². The Morgan fingerprint density at radius 3 is 1.55 bits per heavy atom. The minimum atomic E-state index is -2.53. The van der Waals surface area contributed by atoms with Gasteiger partial charge in [-0.3, -0.25) is 0 Å². The topological polar surface area (TPSA) is 9.72 Å². The third kappa shape index (κ3) is 4.25. The summed E-state index contributed by atoms with van der Waals surface area (Å²) in [6, 6.07) is 58.5. The first-order valence-corrected chi connectivity index (χ1v) is 23.9. The first-order chi connectivity index (χ1) is 28.2. The van der Waals surface area contributed by atoms with Crippen LogP contribution in [0, 0.1) is 13.8 Å². The lowest BCUT2D eigenvalue weighted by Gasteiger charge is -2.52. The zero-order chi connectivity index (χ0) is 39.1. The quantitative estimate of drug-likeness (QED) is 0.165. The molecule has 4 heterocycles. The number of aryl methyl sites for hydroxylation is 2. The van der Waals surface area contributed by atoms with E-state index in [-0.39, 0.29) is 17.7 Å². The highest BCUT2D eigenvalue weighted by atomic mass is 28.3. The normalized spacial score (nSPS) is 21.4. The molecule has 0 bridgehead atoms. The van der Waals surface area contributed by atoms with Crippen molar-refractivity contribution in [3.8, 4) is 0 Å². The number of nitrogens with zero attached hydrogens (tertiary/aromatic N) is 3. The lowest BCUT2D eigenvalue weighted by atomic mass is 9.33. The average molecular weight is 766 g/mol. The second-order valence-corrected chi connectivity index (χ2v) is 22.2. The van der Waals surface area contributed by atoms with Gasteiger partial charge >= 0.3 is 0 Å². The van der Waals surface area contributed by atoms with Crippen molar-refractivity contribution >= 4 is 92.2 Å². The Hall–Kier alpha value is -5.78. The maximum atomic E-state index is 2.78. The molecule has 5 aliphatic rings. The van der Waals surface area contributed by atoms with E-state index in [1.807, 2.05) is 0 Å². The van der Waals surface area contributed by atoms with Crippen molar-refractivity contribution < 1.29 is 0 Å². The number of benzene rings is 7. The number of anilines is 8. The van der Waals surface area contributed by atoms with E-state index in [9.17, 15) is 0 Å². The van der Waals surface area contributed by atoms with Gasteiger partial charge < -0.3 is 14.7 Å². The summed E-state index contributed by atoms with van der Waals surface area (Å²) in [6.07, 6.45) is 4.89. The summed E-state index contributed by atoms with van der Waals surface area (Å²) in [6.45, 7) is 12.5. The monoisotopic (exact) mass is 765 g/mol. The molecule has 1 fully saturated rings. The van der Waals surface area contributed by atoms with Gasteiger partial charge in [0.2, 0.25) is 0 Å². The molecule has 1 saturated carbocycles. The zero-order valence-corrected chi connectivity index (χ0v) is 35.2. The van der Waals surface area contributed by atoms with Gasteiger partial charge in [0.1, 0.15) is 8.07 Å². The molecule has 58 heavy (non-hydrogen) atoms. The van der Waals surface area contributed by atoms with Gasteiger partial charge in [0.25, 0.3) is 6.71 Å². The highest BCUT2D eigenvalue weighted by molar-refractivity contribution is 7.21. The largest absolute Gasteiger partial charge is 0.334 e. The third-order valence-electron chi connectivity index (χ3n) is 15.3. The molecule has 12 rings (SSSR count). The van der Waals surface area contributed by atoms with Gasteiger partial charge in [0, 0.05) is 50.9 Å². The van der Waals surface area contributed by atoms with Gasteiger partial charge in [-0.05, 0) is 126 Å². The van der Waals surface area contributed by atoms with Crippen LogP contribution < -0.4 is 46.6 Å². The van der Waals surface area contributed by atoms with Crippen LogP contribution in [-0.4, -0.2) is 20.3 Å². The number of para-hydroxylation sites is 3. The van der Waals surface area contributed by atoms with E-state index in [1.165, 1.54) is 103 Å². The number of fused-ring (bicyclic) bond motifs is 3. The maximum Gasteiger partial charge on any atom is 0.251 e. The third-order valence-corrected chi connectivity index (χ3v) is 19.8. The van der Waals surface area contributed by atoms with Crippen molar-refractivity contribution in [1.29, 1.82) is 0 Å². The second kappa shape index (κ2) is 11.9. The minimum absolute atomic E-state index is 0.0559. The fourth-order valence-corrected chi connectivity index (χ4v) is 16.9. The summed E-state index contributed by atoms with van der Waals surface area (Å²) in [5.41, 5.74) is 18.9. The summed E-state index contributed by atoms with van der Waals surface area (Å²) < 4.78 is 0. The maximum absolute atomic E-state index is 2.78. The highest BCUT2D eigenvalue weighted by Crippen LogP contribution is 2.61. The van der Waals surface area contributed by atoms with Crippen LogP contribution in [0.25, 0.3) is 0 Å². The van der Waals surface area contributed by atoms with Crippen LogP contribution in [0.1, 0.15) is 56.2 Å². The Labute approximate surface area is 344 Å². The fourth-order valence-electron chi connectivity index (χ4n) is 12.5. The molecule has 3 nitrogen and oxygen atoms in total. The van der Waals surface area contributed by atoms with Crippen molar-refractivity contribution in [2.24, 2.45) is 0 Å². The number of rotatable bonds is 4. The standard InChI is InChI=1S/C53H48BN3Si/c1-35-29-43-50-47(31-35)58(5,40-23-13-8-14-24-40)48-32-36(2)30-44-51(48)54(50)49-45(55(43)37-19-9-6-10-20-37)33-39(34-46(49)56(44)38-21-11-7-12-22-38)57-42-26-16-15-25-41(42)52(3)27-17-18-28-53(52,57)4/h6-16,19-26,29-34H,17-18,27-28H2,1-5H3. The Balaban J connectivity index is 1.25. The van der Waals surface area contributed by atoms with E-state index in [0.717, 1.165) is 6.42 Å². The van der Waals surface area contributed by atoms with E-state index < -0.39 is 8.07 Å². The molecule has 5 heteroatoms. The van der Waals surface area contributed by atoms with Gasteiger partial charge in [0.15, 0.2) is 0 Å². The van der Waals surface area contributed by atoms with Crippen LogP contribution in [0.5, 0.6) is 0 Å². The molecule has 0 N–H and O–H groups in total. The molecule has 1 aliphatic carbocycles. The van der Waals surface area contributed by atoms with E-state index in [4.69, 9.17) is 0 Å². The zero-order valence-electron chi connectivity index (χ0n) is 34.2. The molecule has 0 amide bonds. The lowest BCUT2D eigenvalue weighted by molar-refractivity contribution is 0.195. The molecule has 2 unspecified atom stereocenters. The average Bonchev–Trinajstić information content (AvgIpc) is 3.46. The predicted molar refractivity (Wildman–Crippen MR) is 250 cm³/mol. The Bertz CT molecular complexity index is 2710. The van der Waals surface area contributed by atoms with Crippen LogP contribution in [0.15, 0.2) is 152 Å². The summed E-state index contributed by atoms with van der Waals surface area (Å²) in [4.78, 5) is 8.06. The SMILES string of the molecule is Cc1cc2c3c(c1)[Si](C)(c1ccccc1)c1cc(C)cc4c1B3c1c(cc(N3c5ccccc5C5(C)CCCCC35C)cc1N4c1ccccc1)N2c1ccccc1. The Morgan fingerprint density at radius 1 is 0.500 bits per heavy atom. The van der Waals surface area contributed by atoms with Crippen LogP contribution in [-0.2, 0) is 5.41 Å². The minimum Gasteiger partial charge on any atom is -0.334 e. The van der Waals surface area contributed by atoms with Crippen molar-refractivity contribution in [3.63, 3.8) is 0 Å². The van der Waals surface area contributed by atoms with Gasteiger partial charge in [0.05, 0.1) is 5.54 Å². The first-order valence-electron chi connectivity index (χ1n) is 21.4. The summed E-state index contributed by atoms with van der Waals surface area (Å²) >= 11 is 0. The van der Waals surface area contributed by atoms with Crippen LogP contribution >= 0.6 is 0 Å². The molecule has 0 aromatic heterocycles. The molecular weight excluding hydrogens is 718 g/mol. The van der Waals surface area contributed by atoms with E-state index in [0.29, 0.717) is 0 Å². The molecule has 0 saturated heterocycles. The van der Waals surface area contributed by atoms with Gasteiger partial charge in [-0.15, -0.1) is 0 Å². The molecule has 7 aromatic rings. The second-order valence-electron chi connectivity index (χ2n) is 18.3. The molecule has 4 aliphatic heterocycles.